The average molecular weight is 978 g/mol. The Morgan fingerprint density at radius 3 is 2.42 bits per heavy atom. The normalized spacial score (nSPS) is 20.4. The summed E-state index contributed by atoms with van der Waals surface area (Å²) in [6.07, 6.45) is -7.78. The number of phosphoric ester groups is 3. The second-order valence-electron chi connectivity index (χ2n) is 14.6. The maximum atomic E-state index is 13.0. The number of aryl methyl sites for hydroxylation is 1. The summed E-state index contributed by atoms with van der Waals surface area (Å²) in [5.74, 6) is -1.26. The van der Waals surface area contributed by atoms with E-state index in [-0.39, 0.29) is 53.6 Å². The molecular weight excluding hydrogens is 935 g/mol. The number of nitrogens with one attached hydrogen (secondary N) is 2. The summed E-state index contributed by atoms with van der Waals surface area (Å²) in [5, 5.41) is 37.6. The Balaban J connectivity index is 1.06. The number of fused-ring (bicyclic) bond motifs is 2. The number of carbonyl (C=O) groups excluding carboxylic acids is 3. The van der Waals surface area contributed by atoms with E-state index in [1.807, 2.05) is 6.92 Å². The van der Waals surface area contributed by atoms with Crippen LogP contribution in [0.25, 0.3) is 21.9 Å². The first-order valence-electron chi connectivity index (χ1n) is 18.6. The van der Waals surface area contributed by atoms with Crippen molar-refractivity contribution in [3.05, 3.63) is 48.0 Å². The molecule has 2 amide bonds. The summed E-state index contributed by atoms with van der Waals surface area (Å²) in [5.41, 5.74) is 4.94. The third kappa shape index (κ3) is 12.8. The molecule has 5 rings (SSSR count). The van der Waals surface area contributed by atoms with Crippen molar-refractivity contribution in [1.29, 1.82) is 0 Å². The Hall–Kier alpha value is -4.14. The van der Waals surface area contributed by atoms with Crippen LogP contribution in [0, 0.1) is 12.3 Å². The van der Waals surface area contributed by atoms with Crippen LogP contribution in [0.4, 0.5) is 5.82 Å². The second kappa shape index (κ2) is 20.6. The standard InChI is InChI=1S/C34H46N7O19P3S/c1-17-11-18(55-4)12-20-19(17)5-6-21(42)24(20)33(47)64-10-9-36-23(43)7-8-37-31(46)28(45)34(2,3)14-57-63(53,54)60-62(51,52)56-13-22-27(59-61(48,49)50)26(44)32(58-22)41-16-40-25-29(35)38-15-39-30(25)41/h5-6,11-12,15-16,22,26-28,32,42,44-45H,7-10,13-14H2,1-4H3,(H,36,43)(H,37,46)(H,51,52)(H,53,54)(H2,35,38,39)(H2,48,49,50)/p-4/t22-,26-,27-,28+,32-/m1/s1. The van der Waals surface area contributed by atoms with Gasteiger partial charge in [0.25, 0.3) is 15.6 Å². The predicted molar refractivity (Wildman–Crippen MR) is 214 cm³/mol. The molecule has 2 aromatic heterocycles. The van der Waals surface area contributed by atoms with E-state index in [0.29, 0.717) is 11.1 Å². The van der Waals surface area contributed by atoms with Gasteiger partial charge in [-0.05, 0) is 36.1 Å². The molecule has 26 nitrogen and oxygen atoms in total. The largest absolute Gasteiger partial charge is 0.790 e. The number of carbonyl (C=O) groups is 3. The van der Waals surface area contributed by atoms with E-state index in [9.17, 15) is 63.0 Å². The van der Waals surface area contributed by atoms with Gasteiger partial charge in [0, 0.05) is 36.1 Å². The molecule has 1 aliphatic rings. The number of phenolic OH excluding ortho intramolecular Hbond substituents is 1. The van der Waals surface area contributed by atoms with Gasteiger partial charge in [0.2, 0.25) is 16.9 Å². The van der Waals surface area contributed by atoms with Crippen LogP contribution in [0.2, 0.25) is 0 Å². The average Bonchev–Trinajstić information content (AvgIpc) is 3.77. The Kier molecular flexibility index (Phi) is 16.3. The number of anilines is 1. The summed E-state index contributed by atoms with van der Waals surface area (Å²) in [6, 6.07) is 6.54. The van der Waals surface area contributed by atoms with Crippen molar-refractivity contribution in [3.8, 4) is 11.5 Å². The third-order valence-electron chi connectivity index (χ3n) is 9.44. The number of ether oxygens (including phenoxy) is 2. The molecule has 7 N–H and O–H groups in total. The molecule has 1 saturated heterocycles. The molecule has 0 spiro atoms. The van der Waals surface area contributed by atoms with Crippen molar-refractivity contribution in [2.45, 2.75) is 57.8 Å². The van der Waals surface area contributed by atoms with Gasteiger partial charge in [0.05, 0.1) is 40.0 Å². The van der Waals surface area contributed by atoms with E-state index in [4.69, 9.17) is 15.2 Å². The fraction of sp³-hybridized carbons (Fsp3) is 0.471. The Bertz CT molecular complexity index is 2530. The van der Waals surface area contributed by atoms with Gasteiger partial charge in [0.1, 0.15) is 47.8 Å². The number of aliphatic hydroxyl groups is 2. The Labute approximate surface area is 367 Å². The fourth-order valence-corrected chi connectivity index (χ4v) is 9.72. The highest BCUT2D eigenvalue weighted by atomic mass is 32.2. The third-order valence-corrected chi connectivity index (χ3v) is 13.3. The zero-order valence-corrected chi connectivity index (χ0v) is 37.6. The van der Waals surface area contributed by atoms with Gasteiger partial charge >= 0.3 is 0 Å². The number of nitrogen functional groups attached to an aromatic ring is 1. The number of imidazole rings is 1. The smallest absolute Gasteiger partial charge is 0.274 e. The van der Waals surface area contributed by atoms with Crippen LogP contribution in [0.15, 0.2) is 36.9 Å². The predicted octanol–water partition coefficient (Wildman–Crippen LogP) is -1.37. The molecule has 30 heteroatoms. The number of aliphatic hydroxyl groups excluding tert-OH is 2. The molecule has 0 bridgehead atoms. The van der Waals surface area contributed by atoms with E-state index in [2.05, 4.69) is 43.5 Å². The molecule has 64 heavy (non-hydrogen) atoms. The Morgan fingerprint density at radius 2 is 1.73 bits per heavy atom. The number of phenols is 1. The van der Waals surface area contributed by atoms with Gasteiger partial charge < -0.3 is 78.9 Å². The summed E-state index contributed by atoms with van der Waals surface area (Å²) >= 11 is 0.859. The van der Waals surface area contributed by atoms with E-state index in [1.54, 1.807) is 18.2 Å². The van der Waals surface area contributed by atoms with E-state index in [1.165, 1.54) is 27.0 Å². The van der Waals surface area contributed by atoms with Gasteiger partial charge in [0.15, 0.2) is 17.7 Å². The minimum Gasteiger partial charge on any atom is -0.790 e. The number of nitrogens with two attached hydrogens (primary N) is 1. The first kappa shape index (κ1) is 50.9. The fourth-order valence-electron chi connectivity index (χ4n) is 6.23. The maximum absolute atomic E-state index is 13.0. The Morgan fingerprint density at radius 1 is 1.03 bits per heavy atom. The number of hydrogen-bond acceptors (Lipinski definition) is 24. The van der Waals surface area contributed by atoms with Crippen molar-refractivity contribution in [3.63, 3.8) is 0 Å². The van der Waals surface area contributed by atoms with Crippen LogP contribution in [0.1, 0.15) is 42.4 Å². The molecule has 2 aromatic carbocycles. The minimum atomic E-state index is -5.95. The van der Waals surface area contributed by atoms with Gasteiger partial charge in [-0.2, -0.15) is 0 Å². The quantitative estimate of drug-likeness (QED) is 0.0414. The number of thioether (sulfide) groups is 1. The highest BCUT2D eigenvalue weighted by Gasteiger charge is 2.47. The highest BCUT2D eigenvalue weighted by molar-refractivity contribution is 8.14. The van der Waals surface area contributed by atoms with Crippen molar-refractivity contribution >= 4 is 79.9 Å². The summed E-state index contributed by atoms with van der Waals surface area (Å²) in [7, 11) is -16.2. The van der Waals surface area contributed by atoms with Gasteiger partial charge in [-0.3, -0.25) is 28.1 Å². The van der Waals surface area contributed by atoms with Crippen molar-refractivity contribution in [2.24, 2.45) is 5.41 Å². The lowest BCUT2D eigenvalue weighted by molar-refractivity contribution is -0.347. The first-order chi connectivity index (χ1) is 29.8. The summed E-state index contributed by atoms with van der Waals surface area (Å²) in [6.45, 7) is 1.64. The molecular formula is C34H42N7O19P3S-4. The number of methoxy groups -OCH3 is 1. The maximum Gasteiger partial charge on any atom is 0.274 e. The van der Waals surface area contributed by atoms with Gasteiger partial charge in [-0.1, -0.05) is 31.7 Å². The highest BCUT2D eigenvalue weighted by Crippen LogP contribution is 2.56. The number of benzene rings is 2. The van der Waals surface area contributed by atoms with Crippen LogP contribution in [-0.4, -0.2) is 115 Å². The second-order valence-corrected chi connectivity index (χ2v) is 19.7. The van der Waals surface area contributed by atoms with Crippen LogP contribution < -0.4 is 40.7 Å². The molecule has 0 aliphatic carbocycles. The van der Waals surface area contributed by atoms with Crippen LogP contribution in [0.3, 0.4) is 0 Å². The van der Waals surface area contributed by atoms with Gasteiger partial charge in [-0.15, -0.1) is 0 Å². The lowest BCUT2D eigenvalue weighted by Gasteiger charge is -2.36. The number of amides is 2. The van der Waals surface area contributed by atoms with Crippen molar-refractivity contribution < 1.29 is 90.3 Å². The number of aromatic nitrogens is 4. The van der Waals surface area contributed by atoms with E-state index >= 15 is 0 Å². The monoisotopic (exact) mass is 977 g/mol. The van der Waals surface area contributed by atoms with Gasteiger partial charge in [-0.25, -0.2) is 19.3 Å². The molecule has 7 atom stereocenters. The SMILES string of the molecule is COc1cc(C)c2ccc(O)c(C(=O)SCCNC(=O)CCNC(=O)[C@H](O)C(C)(C)COP(=O)([O-])OP(=O)([O-])OC[C@H]3O[C@@H](n4cnc5c(N)ncnc54)[C@H](O)[C@@H]3OP(=O)([O-])[O-])c2c1. The molecule has 0 saturated carbocycles. The number of rotatable bonds is 21. The zero-order chi connectivity index (χ0) is 47.4. The molecule has 2 unspecified atom stereocenters. The van der Waals surface area contributed by atoms with Crippen LogP contribution in [0.5, 0.6) is 11.5 Å². The van der Waals surface area contributed by atoms with Crippen molar-refractivity contribution in [1.82, 2.24) is 30.2 Å². The summed E-state index contributed by atoms with van der Waals surface area (Å²) < 4.78 is 66.0. The number of nitrogens with zero attached hydrogens (tertiary/aromatic N) is 4. The minimum absolute atomic E-state index is 0.0310. The molecule has 0 radical (unpaired) electrons. The number of hydrogen-bond donors (Lipinski definition) is 6. The van der Waals surface area contributed by atoms with E-state index < -0.39 is 89.7 Å². The molecule has 1 fully saturated rings. The zero-order valence-electron chi connectivity index (χ0n) is 34.1. The number of phosphoric acid groups is 3. The molecule has 4 aromatic rings. The lowest BCUT2D eigenvalue weighted by atomic mass is 9.87. The first-order valence-corrected chi connectivity index (χ1v) is 24.0. The van der Waals surface area contributed by atoms with Crippen LogP contribution in [-0.2, 0) is 45.9 Å². The topological polar surface area (TPSA) is 404 Å². The molecule has 3 heterocycles. The number of aromatic hydroxyl groups is 1. The van der Waals surface area contributed by atoms with Crippen molar-refractivity contribution in [2.75, 3.05) is 44.9 Å². The lowest BCUT2D eigenvalue weighted by Crippen LogP contribution is -2.46. The molecule has 352 valence electrons. The van der Waals surface area contributed by atoms with E-state index in [0.717, 1.165) is 39.9 Å². The van der Waals surface area contributed by atoms with Crippen LogP contribution >= 0.6 is 35.2 Å². The molecule has 1 aliphatic heterocycles. The summed E-state index contributed by atoms with van der Waals surface area (Å²) in [4.78, 5) is 97.8.